The van der Waals surface area contributed by atoms with Gasteiger partial charge in [0.15, 0.2) is 0 Å². The third kappa shape index (κ3) is 5.65. The predicted molar refractivity (Wildman–Crippen MR) is 102 cm³/mol. The summed E-state index contributed by atoms with van der Waals surface area (Å²) in [6.07, 6.45) is 0. The maximum Gasteiger partial charge on any atom is 0.261 e. The average molecular weight is 384 g/mol. The Labute approximate surface area is 159 Å². The third-order valence-electron chi connectivity index (χ3n) is 3.59. The molecule has 0 aliphatic rings. The molecule has 3 rings (SSSR count). The van der Waals surface area contributed by atoms with Crippen molar-refractivity contribution in [2.45, 2.75) is 6.61 Å². The highest BCUT2D eigenvalue weighted by Crippen LogP contribution is 2.18. The van der Waals surface area contributed by atoms with Gasteiger partial charge in [0.2, 0.25) is 5.91 Å². The van der Waals surface area contributed by atoms with E-state index in [4.69, 9.17) is 4.74 Å². The van der Waals surface area contributed by atoms with Crippen molar-refractivity contribution in [2.24, 2.45) is 0 Å². The first-order valence-corrected chi connectivity index (χ1v) is 9.07. The number of carbonyl (C=O) groups excluding carboxylic acids is 2. The van der Waals surface area contributed by atoms with Crippen molar-refractivity contribution in [2.75, 3.05) is 11.9 Å². The molecule has 0 saturated heterocycles. The summed E-state index contributed by atoms with van der Waals surface area (Å²) >= 11 is 1.31. The number of hydrogen-bond acceptors (Lipinski definition) is 4. The van der Waals surface area contributed by atoms with Crippen LogP contribution in [-0.4, -0.2) is 18.4 Å². The fourth-order valence-electron chi connectivity index (χ4n) is 2.27. The SMILES string of the molecule is O=C(CNC(=O)c1cccs1)Nc1cccc(OCc2ccc(F)cc2)c1. The van der Waals surface area contributed by atoms with Crippen LogP contribution in [0.4, 0.5) is 10.1 Å². The first-order valence-electron chi connectivity index (χ1n) is 8.19. The van der Waals surface area contributed by atoms with Gasteiger partial charge in [-0.3, -0.25) is 9.59 Å². The molecule has 0 spiro atoms. The second-order valence-corrected chi connectivity index (χ2v) is 6.60. The van der Waals surface area contributed by atoms with Gasteiger partial charge in [-0.15, -0.1) is 11.3 Å². The summed E-state index contributed by atoms with van der Waals surface area (Å²) in [5, 5.41) is 7.08. The number of hydrogen-bond donors (Lipinski definition) is 2. The molecule has 1 aromatic heterocycles. The van der Waals surface area contributed by atoms with E-state index in [0.717, 1.165) is 5.56 Å². The summed E-state index contributed by atoms with van der Waals surface area (Å²) in [4.78, 5) is 24.4. The topological polar surface area (TPSA) is 67.4 Å². The lowest BCUT2D eigenvalue weighted by atomic mass is 10.2. The van der Waals surface area contributed by atoms with Gasteiger partial charge in [0.05, 0.1) is 11.4 Å². The molecule has 3 aromatic rings. The zero-order valence-electron chi connectivity index (χ0n) is 14.3. The standard InChI is InChI=1S/C20H17FN2O3S/c21-15-8-6-14(7-9-15)13-26-17-4-1-3-16(11-17)23-19(24)12-22-20(25)18-5-2-10-27-18/h1-11H,12-13H2,(H,22,25)(H,23,24). The second kappa shape index (κ2) is 8.95. The molecule has 0 radical (unpaired) electrons. The van der Waals surface area contributed by atoms with Gasteiger partial charge in [-0.25, -0.2) is 4.39 Å². The molecule has 0 atom stereocenters. The van der Waals surface area contributed by atoms with E-state index in [1.54, 1.807) is 53.9 Å². The maximum atomic E-state index is 12.9. The van der Waals surface area contributed by atoms with E-state index >= 15 is 0 Å². The minimum absolute atomic E-state index is 0.128. The summed E-state index contributed by atoms with van der Waals surface area (Å²) in [6, 6.07) is 16.4. The van der Waals surface area contributed by atoms with E-state index < -0.39 is 0 Å². The Morgan fingerprint density at radius 2 is 1.85 bits per heavy atom. The molecule has 27 heavy (non-hydrogen) atoms. The number of benzene rings is 2. The molecule has 0 aliphatic heterocycles. The van der Waals surface area contributed by atoms with Gasteiger partial charge in [0.25, 0.3) is 5.91 Å². The zero-order chi connectivity index (χ0) is 19.1. The number of nitrogens with one attached hydrogen (secondary N) is 2. The van der Waals surface area contributed by atoms with Gasteiger partial charge in [0.1, 0.15) is 18.2 Å². The summed E-state index contributed by atoms with van der Waals surface area (Å²) in [7, 11) is 0. The molecule has 0 fully saturated rings. The Balaban J connectivity index is 1.50. The number of carbonyl (C=O) groups is 2. The van der Waals surface area contributed by atoms with Crippen molar-refractivity contribution in [3.63, 3.8) is 0 Å². The molecule has 2 N–H and O–H groups in total. The third-order valence-corrected chi connectivity index (χ3v) is 4.46. The van der Waals surface area contributed by atoms with E-state index in [2.05, 4.69) is 10.6 Å². The van der Waals surface area contributed by atoms with Crippen LogP contribution in [0.5, 0.6) is 5.75 Å². The highest BCUT2D eigenvalue weighted by Gasteiger charge is 2.09. The van der Waals surface area contributed by atoms with Crippen LogP contribution in [-0.2, 0) is 11.4 Å². The average Bonchev–Trinajstić information content (AvgIpc) is 3.21. The lowest BCUT2D eigenvalue weighted by Gasteiger charge is -2.10. The first kappa shape index (κ1) is 18.6. The van der Waals surface area contributed by atoms with Crippen LogP contribution in [0.3, 0.4) is 0 Å². The molecule has 5 nitrogen and oxygen atoms in total. The van der Waals surface area contributed by atoms with E-state index in [1.165, 1.54) is 23.5 Å². The van der Waals surface area contributed by atoms with Crippen LogP contribution in [0.2, 0.25) is 0 Å². The van der Waals surface area contributed by atoms with Crippen molar-refractivity contribution in [1.82, 2.24) is 5.32 Å². The van der Waals surface area contributed by atoms with Gasteiger partial charge in [-0.1, -0.05) is 24.3 Å². The van der Waals surface area contributed by atoms with Gasteiger partial charge in [-0.2, -0.15) is 0 Å². The zero-order valence-corrected chi connectivity index (χ0v) is 15.1. The Hall–Kier alpha value is -3.19. The summed E-state index contributed by atoms with van der Waals surface area (Å²) in [5.41, 5.74) is 1.39. The Bertz CT molecular complexity index is 911. The molecule has 7 heteroatoms. The monoisotopic (exact) mass is 384 g/mol. The van der Waals surface area contributed by atoms with Crippen molar-refractivity contribution >= 4 is 28.8 Å². The van der Waals surface area contributed by atoms with E-state index in [9.17, 15) is 14.0 Å². The van der Waals surface area contributed by atoms with Crippen LogP contribution in [0, 0.1) is 5.82 Å². The molecule has 2 amide bonds. The highest BCUT2D eigenvalue weighted by atomic mass is 32.1. The summed E-state index contributed by atoms with van der Waals surface area (Å²) < 4.78 is 18.6. The number of halogens is 1. The summed E-state index contributed by atoms with van der Waals surface area (Å²) in [6.45, 7) is 0.159. The van der Waals surface area contributed by atoms with Gasteiger partial charge >= 0.3 is 0 Å². The van der Waals surface area contributed by atoms with Crippen LogP contribution >= 0.6 is 11.3 Å². The van der Waals surface area contributed by atoms with Crippen molar-refractivity contribution < 1.29 is 18.7 Å². The summed E-state index contributed by atoms with van der Waals surface area (Å²) in [5.74, 6) is -0.346. The largest absolute Gasteiger partial charge is 0.489 e. The van der Waals surface area contributed by atoms with Crippen molar-refractivity contribution in [3.05, 3.63) is 82.3 Å². The van der Waals surface area contributed by atoms with Gasteiger partial charge in [-0.05, 0) is 41.3 Å². The Morgan fingerprint density at radius 1 is 1.04 bits per heavy atom. The molecule has 0 saturated carbocycles. The smallest absolute Gasteiger partial charge is 0.261 e. The van der Waals surface area contributed by atoms with Crippen LogP contribution in [0.1, 0.15) is 15.2 Å². The predicted octanol–water partition coefficient (Wildman–Crippen LogP) is 3.83. The van der Waals surface area contributed by atoms with E-state index in [-0.39, 0.29) is 30.8 Å². The number of rotatable bonds is 7. The quantitative estimate of drug-likeness (QED) is 0.650. The Morgan fingerprint density at radius 3 is 2.59 bits per heavy atom. The number of ether oxygens (including phenoxy) is 1. The highest BCUT2D eigenvalue weighted by molar-refractivity contribution is 7.12. The molecule has 2 aromatic carbocycles. The van der Waals surface area contributed by atoms with Gasteiger partial charge in [0, 0.05) is 11.8 Å². The minimum atomic E-state index is -0.337. The fourth-order valence-corrected chi connectivity index (χ4v) is 2.91. The number of amides is 2. The van der Waals surface area contributed by atoms with Crippen molar-refractivity contribution in [3.8, 4) is 5.75 Å². The van der Waals surface area contributed by atoms with Crippen LogP contribution in [0.15, 0.2) is 66.0 Å². The molecule has 1 heterocycles. The second-order valence-electron chi connectivity index (χ2n) is 5.65. The normalized spacial score (nSPS) is 10.3. The minimum Gasteiger partial charge on any atom is -0.489 e. The fraction of sp³-hybridized carbons (Fsp3) is 0.100. The lowest BCUT2D eigenvalue weighted by molar-refractivity contribution is -0.115. The van der Waals surface area contributed by atoms with Crippen LogP contribution in [0.25, 0.3) is 0 Å². The number of thiophene rings is 1. The Kier molecular flexibility index (Phi) is 6.17. The lowest BCUT2D eigenvalue weighted by Crippen LogP contribution is -2.32. The molecule has 0 unspecified atom stereocenters. The van der Waals surface area contributed by atoms with Crippen LogP contribution < -0.4 is 15.4 Å². The molecule has 138 valence electrons. The maximum absolute atomic E-state index is 12.9. The molecular weight excluding hydrogens is 367 g/mol. The molecular formula is C20H17FN2O3S. The molecule has 0 aliphatic carbocycles. The van der Waals surface area contributed by atoms with E-state index in [1.807, 2.05) is 0 Å². The van der Waals surface area contributed by atoms with Gasteiger partial charge < -0.3 is 15.4 Å². The first-order chi connectivity index (χ1) is 13.1. The number of anilines is 1. The molecule has 0 bridgehead atoms. The van der Waals surface area contributed by atoms with Crippen molar-refractivity contribution in [1.29, 1.82) is 0 Å². The van der Waals surface area contributed by atoms with E-state index in [0.29, 0.717) is 16.3 Å².